The Morgan fingerprint density at radius 1 is 1.42 bits per heavy atom. The van der Waals surface area contributed by atoms with Gasteiger partial charge in [-0.2, -0.15) is 5.10 Å². The van der Waals surface area contributed by atoms with E-state index in [1.165, 1.54) is 0 Å². The van der Waals surface area contributed by atoms with Crippen LogP contribution < -0.4 is 10.6 Å². The maximum atomic E-state index is 11.9. The molecular weight excluding hydrogens is 244 g/mol. The van der Waals surface area contributed by atoms with Crippen molar-refractivity contribution < 1.29 is 4.79 Å². The number of pyridine rings is 1. The molecule has 0 spiro atoms. The third kappa shape index (κ3) is 3.51. The van der Waals surface area contributed by atoms with Gasteiger partial charge in [0.05, 0.1) is 6.54 Å². The number of rotatable bonds is 5. The number of carbonyl (C=O) groups is 1. The van der Waals surface area contributed by atoms with Crippen molar-refractivity contribution in [1.29, 1.82) is 0 Å². The molecule has 100 valence electrons. The van der Waals surface area contributed by atoms with E-state index in [-0.39, 0.29) is 12.5 Å². The Kier molecular flexibility index (Phi) is 4.07. The van der Waals surface area contributed by atoms with Gasteiger partial charge in [-0.25, -0.2) is 4.98 Å². The van der Waals surface area contributed by atoms with E-state index in [2.05, 4.69) is 25.7 Å². The van der Waals surface area contributed by atoms with Crippen LogP contribution in [0.4, 0.5) is 5.69 Å². The Labute approximate surface area is 111 Å². The summed E-state index contributed by atoms with van der Waals surface area (Å²) < 4.78 is 1.59. The number of nitrogens with zero attached hydrogens (tertiary/aromatic N) is 4. The van der Waals surface area contributed by atoms with E-state index in [1.54, 1.807) is 30.3 Å². The highest BCUT2D eigenvalue weighted by Gasteiger charge is 2.08. The Morgan fingerprint density at radius 2 is 2.26 bits per heavy atom. The first kappa shape index (κ1) is 13.0. The summed E-state index contributed by atoms with van der Waals surface area (Å²) in [6.07, 6.45) is 3.19. The van der Waals surface area contributed by atoms with Gasteiger partial charge in [0.25, 0.3) is 5.91 Å². The zero-order chi connectivity index (χ0) is 13.7. The Bertz CT molecular complexity index is 565. The number of aromatic nitrogens is 4. The van der Waals surface area contributed by atoms with Gasteiger partial charge in [-0.3, -0.25) is 14.5 Å². The topological polar surface area (TPSA) is 84.7 Å². The highest BCUT2D eigenvalue weighted by atomic mass is 16.1. The van der Waals surface area contributed by atoms with Crippen LogP contribution in [-0.4, -0.2) is 32.2 Å². The molecule has 19 heavy (non-hydrogen) atoms. The summed E-state index contributed by atoms with van der Waals surface area (Å²) in [7, 11) is 1.78. The van der Waals surface area contributed by atoms with E-state index in [1.807, 2.05) is 13.0 Å². The van der Waals surface area contributed by atoms with Crippen molar-refractivity contribution in [3.8, 4) is 0 Å². The summed E-state index contributed by atoms with van der Waals surface area (Å²) in [5.74, 6) is 0.325. The Balaban J connectivity index is 1.97. The van der Waals surface area contributed by atoms with Crippen molar-refractivity contribution >= 4 is 11.6 Å². The molecule has 0 aliphatic rings. The lowest BCUT2D eigenvalue weighted by atomic mass is 10.3. The molecule has 0 aliphatic carbocycles. The number of carbonyl (C=O) groups excluding carboxylic acids is 1. The molecule has 0 saturated carbocycles. The van der Waals surface area contributed by atoms with E-state index >= 15 is 0 Å². The van der Waals surface area contributed by atoms with Gasteiger partial charge in [-0.1, -0.05) is 0 Å². The molecule has 0 aromatic carbocycles. The average molecular weight is 260 g/mol. The number of anilines is 1. The van der Waals surface area contributed by atoms with Crippen LogP contribution in [0.2, 0.25) is 0 Å². The zero-order valence-electron chi connectivity index (χ0n) is 10.9. The van der Waals surface area contributed by atoms with Crippen LogP contribution in [0.5, 0.6) is 0 Å². The maximum absolute atomic E-state index is 11.9. The minimum atomic E-state index is -0.243. The summed E-state index contributed by atoms with van der Waals surface area (Å²) in [5.41, 5.74) is 1.24. The van der Waals surface area contributed by atoms with Crippen LogP contribution in [0, 0.1) is 0 Å². The smallest absolute Gasteiger partial charge is 0.270 e. The van der Waals surface area contributed by atoms with Gasteiger partial charge in [-0.15, -0.1) is 0 Å². The molecule has 0 atom stereocenters. The molecule has 2 rings (SSSR count). The molecule has 7 nitrogen and oxygen atoms in total. The van der Waals surface area contributed by atoms with Gasteiger partial charge in [-0.05, 0) is 19.1 Å². The summed E-state index contributed by atoms with van der Waals surface area (Å²) in [4.78, 5) is 20.0. The molecule has 2 N–H and O–H groups in total. The van der Waals surface area contributed by atoms with Gasteiger partial charge >= 0.3 is 0 Å². The highest BCUT2D eigenvalue weighted by molar-refractivity contribution is 5.92. The number of amides is 1. The van der Waals surface area contributed by atoms with Crippen molar-refractivity contribution in [3.63, 3.8) is 0 Å². The van der Waals surface area contributed by atoms with Gasteiger partial charge in [0.2, 0.25) is 0 Å². The third-order valence-electron chi connectivity index (χ3n) is 2.43. The minimum Gasteiger partial charge on any atom is -0.385 e. The lowest BCUT2D eigenvalue weighted by Crippen LogP contribution is -2.24. The molecule has 2 heterocycles. The Hall–Kier alpha value is -2.44. The van der Waals surface area contributed by atoms with Crippen LogP contribution in [0.25, 0.3) is 0 Å². The van der Waals surface area contributed by atoms with Crippen molar-refractivity contribution in [1.82, 2.24) is 25.1 Å². The number of hydrogen-bond acceptors (Lipinski definition) is 5. The SMILES string of the molecule is CCNc1ccnc(C(=O)NCc2ncn(C)n2)c1. The van der Waals surface area contributed by atoms with Crippen LogP contribution in [-0.2, 0) is 13.6 Å². The standard InChI is InChI=1S/C12H16N6O/c1-3-13-9-4-5-14-10(6-9)12(19)15-7-11-16-8-18(2)17-11/h4-6,8H,3,7H2,1-2H3,(H,13,14)(H,15,19). The van der Waals surface area contributed by atoms with Crippen molar-refractivity contribution in [2.24, 2.45) is 7.05 Å². The van der Waals surface area contributed by atoms with Gasteiger partial charge in [0, 0.05) is 25.5 Å². The molecule has 2 aromatic rings. The van der Waals surface area contributed by atoms with Gasteiger partial charge in [0.15, 0.2) is 5.82 Å². The fourth-order valence-electron chi connectivity index (χ4n) is 1.58. The summed E-state index contributed by atoms with van der Waals surface area (Å²) in [5, 5.41) is 9.94. The number of hydrogen-bond donors (Lipinski definition) is 2. The molecule has 0 aliphatic heterocycles. The zero-order valence-corrected chi connectivity index (χ0v) is 10.9. The molecule has 0 bridgehead atoms. The second kappa shape index (κ2) is 5.94. The van der Waals surface area contributed by atoms with Gasteiger partial charge in [0.1, 0.15) is 12.0 Å². The van der Waals surface area contributed by atoms with Crippen LogP contribution in [0.1, 0.15) is 23.2 Å². The molecule has 7 heteroatoms. The van der Waals surface area contributed by atoms with E-state index in [4.69, 9.17) is 0 Å². The summed E-state index contributed by atoms with van der Waals surface area (Å²) in [6, 6.07) is 3.53. The first-order valence-electron chi connectivity index (χ1n) is 6.01. The second-order valence-corrected chi connectivity index (χ2v) is 3.98. The molecule has 1 amide bonds. The lowest BCUT2D eigenvalue weighted by Gasteiger charge is -2.05. The summed E-state index contributed by atoms with van der Waals surface area (Å²) >= 11 is 0. The molecule has 2 aromatic heterocycles. The summed E-state index contributed by atoms with van der Waals surface area (Å²) in [6.45, 7) is 3.07. The molecule has 0 radical (unpaired) electrons. The number of nitrogens with one attached hydrogen (secondary N) is 2. The van der Waals surface area contributed by atoms with Gasteiger partial charge < -0.3 is 10.6 Å². The first-order chi connectivity index (χ1) is 9.19. The first-order valence-corrected chi connectivity index (χ1v) is 6.01. The van der Waals surface area contributed by atoms with E-state index in [9.17, 15) is 4.79 Å². The maximum Gasteiger partial charge on any atom is 0.270 e. The predicted molar refractivity (Wildman–Crippen MR) is 70.6 cm³/mol. The molecule has 0 saturated heterocycles. The largest absolute Gasteiger partial charge is 0.385 e. The van der Waals surface area contributed by atoms with E-state index in [0.717, 1.165) is 12.2 Å². The predicted octanol–water partition coefficient (Wildman–Crippen LogP) is 0.572. The van der Waals surface area contributed by atoms with Crippen molar-refractivity contribution in [3.05, 3.63) is 36.2 Å². The van der Waals surface area contributed by atoms with Crippen LogP contribution in [0.15, 0.2) is 24.7 Å². The fourth-order valence-corrected chi connectivity index (χ4v) is 1.58. The molecular formula is C12H16N6O. The molecule has 0 unspecified atom stereocenters. The normalized spacial score (nSPS) is 10.2. The minimum absolute atomic E-state index is 0.243. The Morgan fingerprint density at radius 3 is 2.95 bits per heavy atom. The second-order valence-electron chi connectivity index (χ2n) is 3.98. The van der Waals surface area contributed by atoms with Crippen LogP contribution >= 0.6 is 0 Å². The van der Waals surface area contributed by atoms with E-state index in [0.29, 0.717) is 11.5 Å². The lowest BCUT2D eigenvalue weighted by molar-refractivity contribution is 0.0945. The third-order valence-corrected chi connectivity index (χ3v) is 2.43. The average Bonchev–Trinajstić information content (AvgIpc) is 2.82. The van der Waals surface area contributed by atoms with Crippen molar-refractivity contribution in [2.45, 2.75) is 13.5 Å². The van der Waals surface area contributed by atoms with Crippen LogP contribution in [0.3, 0.4) is 0 Å². The monoisotopic (exact) mass is 260 g/mol. The fraction of sp³-hybridized carbons (Fsp3) is 0.333. The highest BCUT2D eigenvalue weighted by Crippen LogP contribution is 2.07. The molecule has 0 fully saturated rings. The quantitative estimate of drug-likeness (QED) is 0.821. The van der Waals surface area contributed by atoms with Crippen molar-refractivity contribution in [2.75, 3.05) is 11.9 Å². The van der Waals surface area contributed by atoms with E-state index < -0.39 is 0 Å². The number of aryl methyl sites for hydroxylation is 1.